The van der Waals surface area contributed by atoms with Gasteiger partial charge in [0, 0.05) is 19.4 Å². The van der Waals surface area contributed by atoms with Gasteiger partial charge in [-0.15, -0.1) is 6.58 Å². The molecule has 3 nitrogen and oxygen atoms in total. The summed E-state index contributed by atoms with van der Waals surface area (Å²) >= 11 is 0. The summed E-state index contributed by atoms with van der Waals surface area (Å²) in [5.41, 5.74) is -0.175. The fourth-order valence-corrected chi connectivity index (χ4v) is 1.54. The van der Waals surface area contributed by atoms with Crippen molar-refractivity contribution in [2.75, 3.05) is 6.54 Å². The van der Waals surface area contributed by atoms with Gasteiger partial charge >= 0.3 is 0 Å². The SMILES string of the molecule is C=CCN1C(=O)CC(C)(C)CC1=O. The number of carbonyl (C=O) groups is 2. The number of nitrogens with zero attached hydrogens (tertiary/aromatic N) is 1. The van der Waals surface area contributed by atoms with E-state index in [-0.39, 0.29) is 17.2 Å². The van der Waals surface area contributed by atoms with Crippen molar-refractivity contribution in [3.63, 3.8) is 0 Å². The van der Waals surface area contributed by atoms with Crippen LogP contribution in [0.1, 0.15) is 26.7 Å². The van der Waals surface area contributed by atoms with Crippen molar-refractivity contribution in [3.05, 3.63) is 12.7 Å². The van der Waals surface area contributed by atoms with Gasteiger partial charge in [-0.3, -0.25) is 14.5 Å². The molecule has 1 aliphatic heterocycles. The lowest BCUT2D eigenvalue weighted by Crippen LogP contribution is -2.46. The van der Waals surface area contributed by atoms with Gasteiger partial charge in [0.1, 0.15) is 0 Å². The lowest BCUT2D eigenvalue weighted by Gasteiger charge is -2.34. The summed E-state index contributed by atoms with van der Waals surface area (Å²) in [5.74, 6) is -0.165. The molecule has 0 aromatic rings. The molecule has 0 N–H and O–H groups in total. The van der Waals surface area contributed by atoms with E-state index >= 15 is 0 Å². The van der Waals surface area contributed by atoms with Gasteiger partial charge in [0.2, 0.25) is 11.8 Å². The molecule has 13 heavy (non-hydrogen) atoms. The summed E-state index contributed by atoms with van der Waals surface area (Å²) in [6.45, 7) is 7.73. The van der Waals surface area contributed by atoms with Crippen molar-refractivity contribution in [2.24, 2.45) is 5.41 Å². The molecule has 0 aromatic heterocycles. The second kappa shape index (κ2) is 3.32. The van der Waals surface area contributed by atoms with Crippen molar-refractivity contribution < 1.29 is 9.59 Å². The number of likely N-dealkylation sites (tertiary alicyclic amines) is 1. The molecular formula is C10H15NO2. The van der Waals surface area contributed by atoms with E-state index in [4.69, 9.17) is 0 Å². The summed E-state index contributed by atoms with van der Waals surface area (Å²) in [4.78, 5) is 24.2. The van der Waals surface area contributed by atoms with Crippen molar-refractivity contribution in [1.82, 2.24) is 4.90 Å². The highest BCUT2D eigenvalue weighted by Crippen LogP contribution is 2.31. The molecule has 0 saturated carbocycles. The largest absolute Gasteiger partial charge is 0.279 e. The van der Waals surface area contributed by atoms with E-state index in [9.17, 15) is 9.59 Å². The Morgan fingerprint density at radius 3 is 2.23 bits per heavy atom. The number of carbonyl (C=O) groups excluding carboxylic acids is 2. The van der Waals surface area contributed by atoms with Crippen molar-refractivity contribution in [1.29, 1.82) is 0 Å². The number of hydrogen-bond donors (Lipinski definition) is 0. The Morgan fingerprint density at radius 2 is 1.85 bits per heavy atom. The van der Waals surface area contributed by atoms with Crippen LogP contribution in [0.3, 0.4) is 0 Å². The molecule has 0 atom stereocenters. The molecular weight excluding hydrogens is 166 g/mol. The molecule has 1 rings (SSSR count). The maximum absolute atomic E-state index is 11.5. The van der Waals surface area contributed by atoms with Crippen LogP contribution in [-0.4, -0.2) is 23.3 Å². The standard InChI is InChI=1S/C10H15NO2/c1-4-5-11-8(12)6-10(2,3)7-9(11)13/h4H,1,5-7H2,2-3H3. The van der Waals surface area contributed by atoms with Gasteiger partial charge in [-0.1, -0.05) is 19.9 Å². The van der Waals surface area contributed by atoms with Gasteiger partial charge in [-0.2, -0.15) is 0 Å². The summed E-state index contributed by atoms with van der Waals surface area (Å²) in [5, 5.41) is 0. The van der Waals surface area contributed by atoms with Crippen LogP contribution in [0.4, 0.5) is 0 Å². The first-order valence-corrected chi connectivity index (χ1v) is 4.40. The molecule has 1 aliphatic rings. The summed E-state index contributed by atoms with van der Waals surface area (Å²) in [7, 11) is 0. The minimum atomic E-state index is -0.175. The first-order chi connectivity index (χ1) is 5.96. The third-order valence-electron chi connectivity index (χ3n) is 2.17. The maximum atomic E-state index is 11.5. The van der Waals surface area contributed by atoms with Crippen LogP contribution in [0.15, 0.2) is 12.7 Å². The normalized spacial score (nSPS) is 21.8. The Kier molecular flexibility index (Phi) is 2.55. The smallest absolute Gasteiger partial charge is 0.230 e. The quantitative estimate of drug-likeness (QED) is 0.476. The molecule has 0 spiro atoms. The summed E-state index contributed by atoms with van der Waals surface area (Å²) < 4.78 is 0. The molecule has 72 valence electrons. The lowest BCUT2D eigenvalue weighted by atomic mass is 9.82. The molecule has 1 fully saturated rings. The van der Waals surface area contributed by atoms with Gasteiger partial charge in [-0.25, -0.2) is 0 Å². The van der Waals surface area contributed by atoms with Gasteiger partial charge in [0.15, 0.2) is 0 Å². The average Bonchev–Trinajstić information content (AvgIpc) is 1.94. The predicted molar refractivity (Wildman–Crippen MR) is 49.9 cm³/mol. The van der Waals surface area contributed by atoms with Gasteiger partial charge < -0.3 is 0 Å². The zero-order valence-corrected chi connectivity index (χ0v) is 8.17. The van der Waals surface area contributed by atoms with Crippen molar-refractivity contribution in [3.8, 4) is 0 Å². The van der Waals surface area contributed by atoms with Crippen LogP contribution in [0.2, 0.25) is 0 Å². The van der Waals surface area contributed by atoms with Crippen LogP contribution in [0, 0.1) is 5.41 Å². The molecule has 0 aromatic carbocycles. The molecule has 3 heteroatoms. The Morgan fingerprint density at radius 1 is 1.38 bits per heavy atom. The zero-order chi connectivity index (χ0) is 10.1. The van der Waals surface area contributed by atoms with Crippen LogP contribution >= 0.6 is 0 Å². The van der Waals surface area contributed by atoms with Crippen LogP contribution in [0.25, 0.3) is 0 Å². The van der Waals surface area contributed by atoms with Crippen LogP contribution in [-0.2, 0) is 9.59 Å². The van der Waals surface area contributed by atoms with Crippen LogP contribution < -0.4 is 0 Å². The van der Waals surface area contributed by atoms with E-state index in [0.29, 0.717) is 19.4 Å². The first-order valence-electron chi connectivity index (χ1n) is 4.40. The number of piperidine rings is 1. The molecule has 0 aliphatic carbocycles. The highest BCUT2D eigenvalue weighted by molar-refractivity contribution is 5.98. The van der Waals surface area contributed by atoms with E-state index < -0.39 is 0 Å². The highest BCUT2D eigenvalue weighted by Gasteiger charge is 2.36. The minimum Gasteiger partial charge on any atom is -0.279 e. The lowest BCUT2D eigenvalue weighted by molar-refractivity contribution is -0.151. The number of amides is 2. The number of hydrogen-bond acceptors (Lipinski definition) is 2. The fourth-order valence-electron chi connectivity index (χ4n) is 1.54. The molecule has 0 unspecified atom stereocenters. The molecule has 0 bridgehead atoms. The number of rotatable bonds is 2. The van der Waals surface area contributed by atoms with E-state index in [2.05, 4.69) is 6.58 Å². The molecule has 1 heterocycles. The van der Waals surface area contributed by atoms with Gasteiger partial charge in [-0.05, 0) is 5.41 Å². The molecule has 0 radical (unpaired) electrons. The zero-order valence-electron chi connectivity index (χ0n) is 8.17. The van der Waals surface area contributed by atoms with Crippen molar-refractivity contribution in [2.45, 2.75) is 26.7 Å². The van der Waals surface area contributed by atoms with E-state index in [1.807, 2.05) is 13.8 Å². The number of imide groups is 1. The maximum Gasteiger partial charge on any atom is 0.230 e. The summed E-state index contributed by atoms with van der Waals surface area (Å²) in [6, 6.07) is 0. The predicted octanol–water partition coefficient (Wildman–Crippen LogP) is 1.35. The first kappa shape index (κ1) is 9.96. The van der Waals surface area contributed by atoms with Gasteiger partial charge in [0.25, 0.3) is 0 Å². The third kappa shape index (κ3) is 2.17. The molecule has 2 amide bonds. The highest BCUT2D eigenvalue weighted by atomic mass is 16.2. The average molecular weight is 181 g/mol. The van der Waals surface area contributed by atoms with Gasteiger partial charge in [0.05, 0.1) is 0 Å². The Hall–Kier alpha value is -1.12. The second-order valence-corrected chi connectivity index (χ2v) is 4.20. The fraction of sp³-hybridized carbons (Fsp3) is 0.600. The Bertz CT molecular complexity index is 236. The topological polar surface area (TPSA) is 37.4 Å². The Balaban J connectivity index is 2.76. The molecule has 1 saturated heterocycles. The Labute approximate surface area is 78.4 Å². The van der Waals surface area contributed by atoms with E-state index in [1.165, 1.54) is 4.90 Å². The summed E-state index contributed by atoms with van der Waals surface area (Å²) in [6.07, 6.45) is 2.48. The van der Waals surface area contributed by atoms with E-state index in [1.54, 1.807) is 6.08 Å². The monoisotopic (exact) mass is 181 g/mol. The van der Waals surface area contributed by atoms with E-state index in [0.717, 1.165) is 0 Å². The van der Waals surface area contributed by atoms with Crippen LogP contribution in [0.5, 0.6) is 0 Å². The van der Waals surface area contributed by atoms with Crippen molar-refractivity contribution >= 4 is 11.8 Å². The second-order valence-electron chi connectivity index (χ2n) is 4.20. The minimum absolute atomic E-state index is 0.0823. The third-order valence-corrected chi connectivity index (χ3v) is 2.17.